The molecule has 0 radical (unpaired) electrons. The molecule has 19 heavy (non-hydrogen) atoms. The molecule has 0 spiro atoms. The number of halogens is 1. The lowest BCUT2D eigenvalue weighted by Crippen LogP contribution is -2.41. The molecule has 0 heterocycles. The van der Waals surface area contributed by atoms with Crippen LogP contribution in [0.2, 0.25) is 5.02 Å². The van der Waals surface area contributed by atoms with Gasteiger partial charge < -0.3 is 10.4 Å². The summed E-state index contributed by atoms with van der Waals surface area (Å²) in [5.74, 6) is 2.91. The first-order valence-corrected chi connectivity index (χ1v) is 8.50. The minimum Gasteiger partial charge on any atom is -0.396 e. The molecular formula is C15H22ClNOS. The van der Waals surface area contributed by atoms with E-state index in [1.807, 2.05) is 23.9 Å². The normalized spacial score (nSPS) is 22.2. The molecule has 0 aliphatic heterocycles. The molecule has 2 rings (SSSR count). The summed E-state index contributed by atoms with van der Waals surface area (Å²) in [7, 11) is 0. The molecule has 0 saturated heterocycles. The Morgan fingerprint density at radius 2 is 1.95 bits per heavy atom. The fourth-order valence-corrected chi connectivity index (χ4v) is 3.32. The molecule has 106 valence electrons. The van der Waals surface area contributed by atoms with Gasteiger partial charge in [-0.15, -0.1) is 0 Å². The lowest BCUT2D eigenvalue weighted by molar-refractivity contribution is 0.295. The van der Waals surface area contributed by atoms with Gasteiger partial charge >= 0.3 is 0 Å². The van der Waals surface area contributed by atoms with Gasteiger partial charge in [0.2, 0.25) is 0 Å². The molecule has 0 unspecified atom stereocenters. The third-order valence-electron chi connectivity index (χ3n) is 3.61. The highest BCUT2D eigenvalue weighted by atomic mass is 35.5. The first kappa shape index (κ1) is 15.2. The van der Waals surface area contributed by atoms with Gasteiger partial charge in [0.05, 0.1) is 0 Å². The molecule has 4 heteroatoms. The summed E-state index contributed by atoms with van der Waals surface area (Å²) in [5, 5.41) is 13.1. The number of nitrogens with one attached hydrogen (secondary N) is 1. The van der Waals surface area contributed by atoms with Crippen LogP contribution in [0.25, 0.3) is 0 Å². The van der Waals surface area contributed by atoms with Crippen molar-refractivity contribution in [3.05, 3.63) is 34.9 Å². The van der Waals surface area contributed by atoms with Gasteiger partial charge in [-0.05, 0) is 48.6 Å². The molecule has 0 bridgehead atoms. The Morgan fingerprint density at radius 1 is 1.21 bits per heavy atom. The first-order chi connectivity index (χ1) is 9.29. The molecule has 1 aromatic carbocycles. The number of hydrogen-bond donors (Lipinski definition) is 2. The van der Waals surface area contributed by atoms with Crippen molar-refractivity contribution in [1.82, 2.24) is 5.32 Å². The maximum absolute atomic E-state index is 8.68. The smallest absolute Gasteiger partial charge is 0.0438 e. The van der Waals surface area contributed by atoms with Gasteiger partial charge in [-0.25, -0.2) is 0 Å². The molecular weight excluding hydrogens is 278 g/mol. The predicted octanol–water partition coefficient (Wildman–Crippen LogP) is 3.29. The third kappa shape index (κ3) is 4.99. The van der Waals surface area contributed by atoms with Crippen molar-refractivity contribution < 1.29 is 5.11 Å². The molecule has 1 aliphatic rings. The average molecular weight is 300 g/mol. The van der Waals surface area contributed by atoms with Gasteiger partial charge in [-0.2, -0.15) is 11.8 Å². The summed E-state index contributed by atoms with van der Waals surface area (Å²) >= 11 is 7.81. The quantitative estimate of drug-likeness (QED) is 0.723. The lowest BCUT2D eigenvalue weighted by atomic mass is 9.76. The van der Waals surface area contributed by atoms with Crippen LogP contribution in [0.3, 0.4) is 0 Å². The van der Waals surface area contributed by atoms with E-state index in [-0.39, 0.29) is 0 Å². The molecule has 0 atom stereocenters. The monoisotopic (exact) mass is 299 g/mol. The van der Waals surface area contributed by atoms with Crippen LogP contribution in [0.15, 0.2) is 24.3 Å². The van der Waals surface area contributed by atoms with Crippen LogP contribution in [-0.2, 0) is 0 Å². The minimum atomic E-state index is 0.311. The van der Waals surface area contributed by atoms with Gasteiger partial charge in [-0.1, -0.05) is 23.7 Å². The topological polar surface area (TPSA) is 32.3 Å². The Morgan fingerprint density at radius 3 is 2.63 bits per heavy atom. The molecule has 2 nitrogen and oxygen atoms in total. The second-order valence-electron chi connectivity index (χ2n) is 5.06. The van der Waals surface area contributed by atoms with Crippen LogP contribution < -0.4 is 5.32 Å². The van der Waals surface area contributed by atoms with Crippen LogP contribution in [-0.4, -0.2) is 35.8 Å². The van der Waals surface area contributed by atoms with Gasteiger partial charge in [0.15, 0.2) is 0 Å². The van der Waals surface area contributed by atoms with E-state index in [4.69, 9.17) is 16.7 Å². The van der Waals surface area contributed by atoms with E-state index in [9.17, 15) is 0 Å². The Kier molecular flexibility index (Phi) is 6.51. The Labute approximate surface area is 124 Å². The van der Waals surface area contributed by atoms with E-state index in [1.54, 1.807) is 0 Å². The third-order valence-corrected chi connectivity index (χ3v) is 4.93. The van der Waals surface area contributed by atoms with Gasteiger partial charge in [0.1, 0.15) is 0 Å². The van der Waals surface area contributed by atoms with Gasteiger partial charge in [0, 0.05) is 30.0 Å². The summed E-state index contributed by atoms with van der Waals surface area (Å²) in [5.41, 5.74) is 1.42. The molecule has 0 aromatic heterocycles. The summed E-state index contributed by atoms with van der Waals surface area (Å²) < 4.78 is 0. The molecule has 1 saturated carbocycles. The van der Waals surface area contributed by atoms with Gasteiger partial charge in [0.25, 0.3) is 0 Å². The SMILES string of the molecule is OCCCSCCNC1CC(c2ccc(Cl)cc2)C1. The van der Waals surface area contributed by atoms with Crippen molar-refractivity contribution in [1.29, 1.82) is 0 Å². The maximum Gasteiger partial charge on any atom is 0.0438 e. The number of thioether (sulfide) groups is 1. The molecule has 1 aromatic rings. The van der Waals surface area contributed by atoms with Crippen molar-refractivity contribution in [3.8, 4) is 0 Å². The van der Waals surface area contributed by atoms with Crippen LogP contribution in [0, 0.1) is 0 Å². The predicted molar refractivity (Wildman–Crippen MR) is 84.2 cm³/mol. The van der Waals surface area contributed by atoms with E-state index in [0.717, 1.165) is 29.5 Å². The number of hydrogen-bond acceptors (Lipinski definition) is 3. The minimum absolute atomic E-state index is 0.311. The largest absolute Gasteiger partial charge is 0.396 e. The Hall–Kier alpha value is -0.220. The summed E-state index contributed by atoms with van der Waals surface area (Å²) in [6, 6.07) is 8.94. The van der Waals surface area contributed by atoms with Crippen LogP contribution in [0.5, 0.6) is 0 Å². The highest BCUT2D eigenvalue weighted by Crippen LogP contribution is 2.37. The Bertz CT molecular complexity index is 365. The highest BCUT2D eigenvalue weighted by molar-refractivity contribution is 7.99. The van der Waals surface area contributed by atoms with Crippen molar-refractivity contribution >= 4 is 23.4 Å². The van der Waals surface area contributed by atoms with E-state index in [2.05, 4.69) is 17.4 Å². The molecule has 1 aliphatic carbocycles. The average Bonchev–Trinajstić information content (AvgIpc) is 2.37. The summed E-state index contributed by atoms with van der Waals surface area (Å²) in [6.07, 6.45) is 3.39. The van der Waals surface area contributed by atoms with E-state index in [0.29, 0.717) is 18.6 Å². The first-order valence-electron chi connectivity index (χ1n) is 6.97. The van der Waals surface area contributed by atoms with Crippen molar-refractivity contribution in [2.24, 2.45) is 0 Å². The fourth-order valence-electron chi connectivity index (χ4n) is 2.40. The van der Waals surface area contributed by atoms with Gasteiger partial charge in [-0.3, -0.25) is 0 Å². The van der Waals surface area contributed by atoms with E-state index in [1.165, 1.54) is 18.4 Å². The number of rotatable bonds is 8. The summed E-state index contributed by atoms with van der Waals surface area (Å²) in [6.45, 7) is 1.39. The van der Waals surface area contributed by atoms with Crippen molar-refractivity contribution in [3.63, 3.8) is 0 Å². The fraction of sp³-hybridized carbons (Fsp3) is 0.600. The summed E-state index contributed by atoms with van der Waals surface area (Å²) in [4.78, 5) is 0. The van der Waals surface area contributed by atoms with Crippen LogP contribution in [0.1, 0.15) is 30.7 Å². The van der Waals surface area contributed by atoms with Crippen LogP contribution >= 0.6 is 23.4 Å². The van der Waals surface area contributed by atoms with E-state index < -0.39 is 0 Å². The number of aliphatic hydroxyl groups is 1. The second-order valence-corrected chi connectivity index (χ2v) is 6.72. The lowest BCUT2D eigenvalue weighted by Gasteiger charge is -2.36. The Balaban J connectivity index is 1.55. The molecule has 1 fully saturated rings. The maximum atomic E-state index is 8.68. The second kappa shape index (κ2) is 8.15. The van der Waals surface area contributed by atoms with E-state index >= 15 is 0 Å². The van der Waals surface area contributed by atoms with Crippen LogP contribution in [0.4, 0.5) is 0 Å². The van der Waals surface area contributed by atoms with Crippen molar-refractivity contribution in [2.75, 3.05) is 24.7 Å². The molecule has 0 amide bonds. The highest BCUT2D eigenvalue weighted by Gasteiger charge is 2.29. The zero-order valence-corrected chi connectivity index (χ0v) is 12.7. The zero-order valence-electron chi connectivity index (χ0n) is 11.1. The standard InChI is InChI=1S/C15H22ClNOS/c16-14-4-2-12(3-5-14)13-10-15(11-13)17-6-9-19-8-1-7-18/h2-5,13,15,17-18H,1,6-11H2. The zero-order chi connectivity index (χ0) is 13.5. The molecule has 2 N–H and O–H groups in total. The number of benzene rings is 1. The number of aliphatic hydroxyl groups excluding tert-OH is 1. The van der Waals surface area contributed by atoms with Crippen molar-refractivity contribution in [2.45, 2.75) is 31.2 Å².